The Bertz CT molecular complexity index is 584. The Morgan fingerprint density at radius 2 is 1.77 bits per heavy atom. The highest BCUT2D eigenvalue weighted by Crippen LogP contribution is 2.23. The lowest BCUT2D eigenvalue weighted by Crippen LogP contribution is -2.43. The van der Waals surface area contributed by atoms with E-state index in [1.165, 1.54) is 18.4 Å². The molecule has 0 saturated heterocycles. The summed E-state index contributed by atoms with van der Waals surface area (Å²) in [5.41, 5.74) is 1.02. The van der Waals surface area contributed by atoms with Gasteiger partial charge in [-0.05, 0) is 37.5 Å². The topological polar surface area (TPSA) is 69.6 Å². The van der Waals surface area contributed by atoms with Crippen molar-refractivity contribution in [2.75, 3.05) is 14.1 Å². The maximum Gasteiger partial charge on any atom is 0.242 e. The van der Waals surface area contributed by atoms with Crippen LogP contribution in [0.5, 0.6) is 0 Å². The van der Waals surface area contributed by atoms with Gasteiger partial charge in [-0.15, -0.1) is 0 Å². The molecule has 1 aliphatic carbocycles. The zero-order chi connectivity index (χ0) is 16.3. The molecule has 1 saturated carbocycles. The van der Waals surface area contributed by atoms with Crippen molar-refractivity contribution in [3.63, 3.8) is 0 Å². The second kappa shape index (κ2) is 7.08. The smallest absolute Gasteiger partial charge is 0.242 e. The number of hydrogen-bond acceptors (Lipinski definition) is 4. The van der Waals surface area contributed by atoms with E-state index < -0.39 is 10.0 Å². The Morgan fingerprint density at radius 1 is 1.18 bits per heavy atom. The number of nitrogens with one attached hydrogen (secondary N) is 1. The number of aliphatic hydroxyl groups excluding tert-OH is 1. The molecular weight excluding hydrogens is 300 g/mol. The van der Waals surface area contributed by atoms with Gasteiger partial charge in [0.1, 0.15) is 0 Å². The average molecular weight is 326 g/mol. The number of nitrogens with zero attached hydrogens (tertiary/aromatic N) is 1. The molecule has 22 heavy (non-hydrogen) atoms. The molecule has 2 rings (SSSR count). The van der Waals surface area contributed by atoms with Crippen LogP contribution in [0, 0.1) is 0 Å². The monoisotopic (exact) mass is 326 g/mol. The van der Waals surface area contributed by atoms with Gasteiger partial charge in [-0.1, -0.05) is 25.0 Å². The largest absolute Gasteiger partial charge is 0.392 e. The molecule has 1 aromatic rings. The van der Waals surface area contributed by atoms with E-state index in [4.69, 9.17) is 0 Å². The molecule has 0 spiro atoms. The van der Waals surface area contributed by atoms with Crippen molar-refractivity contribution in [2.24, 2.45) is 0 Å². The Kier molecular flexibility index (Phi) is 5.60. The average Bonchev–Trinajstić information content (AvgIpc) is 2.49. The summed E-state index contributed by atoms with van der Waals surface area (Å²) in [5.74, 6) is 0. The Hall–Kier alpha value is -0.950. The van der Waals surface area contributed by atoms with Crippen LogP contribution in [-0.2, 0) is 10.0 Å². The molecule has 3 atom stereocenters. The van der Waals surface area contributed by atoms with Gasteiger partial charge in [0.15, 0.2) is 0 Å². The number of aliphatic hydroxyl groups is 1. The van der Waals surface area contributed by atoms with Crippen LogP contribution in [0.25, 0.3) is 0 Å². The summed E-state index contributed by atoms with van der Waals surface area (Å²) in [5, 5.41) is 13.5. The fourth-order valence-corrected chi connectivity index (χ4v) is 3.76. The van der Waals surface area contributed by atoms with Crippen molar-refractivity contribution < 1.29 is 13.5 Å². The van der Waals surface area contributed by atoms with Crippen LogP contribution in [0.3, 0.4) is 0 Å². The van der Waals surface area contributed by atoms with Gasteiger partial charge < -0.3 is 10.4 Å². The van der Waals surface area contributed by atoms with Crippen molar-refractivity contribution >= 4 is 10.0 Å². The summed E-state index contributed by atoms with van der Waals surface area (Å²) in [6.07, 6.45) is 3.78. The number of sulfonamides is 1. The van der Waals surface area contributed by atoms with Gasteiger partial charge in [0.2, 0.25) is 10.0 Å². The molecule has 1 aromatic carbocycles. The predicted molar refractivity (Wildman–Crippen MR) is 87.1 cm³/mol. The summed E-state index contributed by atoms with van der Waals surface area (Å²) < 4.78 is 25.3. The van der Waals surface area contributed by atoms with E-state index in [0.717, 1.165) is 31.2 Å². The summed E-state index contributed by atoms with van der Waals surface area (Å²) in [4.78, 5) is 0.297. The highest BCUT2D eigenvalue weighted by atomic mass is 32.2. The first kappa shape index (κ1) is 17.4. The minimum Gasteiger partial charge on any atom is -0.392 e. The first-order valence-electron chi connectivity index (χ1n) is 7.79. The Labute approximate surface area is 133 Å². The molecule has 2 N–H and O–H groups in total. The van der Waals surface area contributed by atoms with E-state index in [9.17, 15) is 13.5 Å². The zero-order valence-electron chi connectivity index (χ0n) is 13.5. The van der Waals surface area contributed by atoms with Gasteiger partial charge in [-0.2, -0.15) is 0 Å². The second-order valence-electron chi connectivity index (χ2n) is 6.20. The first-order valence-corrected chi connectivity index (χ1v) is 9.23. The van der Waals surface area contributed by atoms with Crippen molar-refractivity contribution in [2.45, 2.75) is 55.7 Å². The first-order chi connectivity index (χ1) is 10.3. The van der Waals surface area contributed by atoms with Gasteiger partial charge in [0, 0.05) is 26.2 Å². The van der Waals surface area contributed by atoms with Gasteiger partial charge >= 0.3 is 0 Å². The van der Waals surface area contributed by atoms with E-state index in [2.05, 4.69) is 5.32 Å². The number of rotatable bonds is 5. The summed E-state index contributed by atoms with van der Waals surface area (Å²) >= 11 is 0. The Morgan fingerprint density at radius 3 is 2.32 bits per heavy atom. The highest BCUT2D eigenvalue weighted by Gasteiger charge is 2.24. The molecule has 0 aliphatic heterocycles. The van der Waals surface area contributed by atoms with Crippen LogP contribution < -0.4 is 5.32 Å². The van der Waals surface area contributed by atoms with Crippen molar-refractivity contribution in [3.8, 4) is 0 Å². The lowest BCUT2D eigenvalue weighted by molar-refractivity contribution is 0.0860. The molecule has 1 aliphatic rings. The van der Waals surface area contributed by atoms with Crippen LogP contribution in [0.2, 0.25) is 0 Å². The molecule has 124 valence electrons. The minimum atomic E-state index is -3.38. The second-order valence-corrected chi connectivity index (χ2v) is 8.35. The summed E-state index contributed by atoms with van der Waals surface area (Å²) in [6, 6.07) is 7.15. The number of benzene rings is 1. The zero-order valence-corrected chi connectivity index (χ0v) is 14.3. The summed E-state index contributed by atoms with van der Waals surface area (Å²) in [7, 11) is -0.331. The Balaban J connectivity index is 2.06. The van der Waals surface area contributed by atoms with Gasteiger partial charge in [0.05, 0.1) is 11.0 Å². The van der Waals surface area contributed by atoms with E-state index in [1.54, 1.807) is 12.1 Å². The molecule has 0 radical (unpaired) electrons. The molecule has 0 aromatic heterocycles. The van der Waals surface area contributed by atoms with E-state index in [1.807, 2.05) is 19.1 Å². The molecule has 0 amide bonds. The molecule has 0 bridgehead atoms. The van der Waals surface area contributed by atoms with Crippen LogP contribution in [0.15, 0.2) is 29.2 Å². The minimum absolute atomic E-state index is 0.0776. The molecular formula is C16H26N2O3S. The third-order valence-electron chi connectivity index (χ3n) is 4.35. The summed E-state index contributed by atoms with van der Waals surface area (Å²) in [6.45, 7) is 2.04. The molecule has 0 heterocycles. The molecule has 6 heteroatoms. The van der Waals surface area contributed by atoms with E-state index in [0.29, 0.717) is 4.90 Å². The fourth-order valence-electron chi connectivity index (χ4n) is 2.86. The van der Waals surface area contributed by atoms with E-state index in [-0.39, 0.29) is 18.2 Å². The van der Waals surface area contributed by atoms with Crippen molar-refractivity contribution in [3.05, 3.63) is 29.8 Å². The highest BCUT2D eigenvalue weighted by molar-refractivity contribution is 7.89. The van der Waals surface area contributed by atoms with Gasteiger partial charge in [0.25, 0.3) is 0 Å². The predicted octanol–water partition coefficient (Wildman–Crippen LogP) is 1.89. The molecule has 1 fully saturated rings. The SMILES string of the molecule is CC(NC1CCCCC1O)c1ccc(S(=O)(=O)N(C)C)cc1. The third kappa shape index (κ3) is 3.87. The number of hydrogen-bond donors (Lipinski definition) is 2. The van der Waals surface area contributed by atoms with Crippen LogP contribution in [0.4, 0.5) is 0 Å². The molecule has 3 unspecified atom stereocenters. The van der Waals surface area contributed by atoms with Gasteiger partial charge in [-0.25, -0.2) is 12.7 Å². The van der Waals surface area contributed by atoms with Gasteiger partial charge in [-0.3, -0.25) is 0 Å². The fraction of sp³-hybridized carbons (Fsp3) is 0.625. The van der Waals surface area contributed by atoms with Crippen LogP contribution in [-0.4, -0.2) is 44.1 Å². The lowest BCUT2D eigenvalue weighted by Gasteiger charge is -2.31. The van der Waals surface area contributed by atoms with E-state index >= 15 is 0 Å². The maximum absolute atomic E-state index is 12.1. The molecule has 5 nitrogen and oxygen atoms in total. The van der Waals surface area contributed by atoms with Crippen molar-refractivity contribution in [1.29, 1.82) is 0 Å². The quantitative estimate of drug-likeness (QED) is 0.867. The maximum atomic E-state index is 12.1. The lowest BCUT2D eigenvalue weighted by atomic mass is 9.91. The van der Waals surface area contributed by atoms with Crippen LogP contribution >= 0.6 is 0 Å². The van der Waals surface area contributed by atoms with Crippen LogP contribution in [0.1, 0.15) is 44.2 Å². The standard InChI is InChI=1S/C16H26N2O3S/c1-12(17-15-6-4-5-7-16(15)19)13-8-10-14(11-9-13)22(20,21)18(2)3/h8-12,15-17,19H,4-7H2,1-3H3. The normalized spacial score (nSPS) is 24.4. The van der Waals surface area contributed by atoms with Crippen molar-refractivity contribution in [1.82, 2.24) is 9.62 Å². The third-order valence-corrected chi connectivity index (χ3v) is 6.18.